The predicted molar refractivity (Wildman–Crippen MR) is 115 cm³/mol. The summed E-state index contributed by atoms with van der Waals surface area (Å²) >= 11 is 1.11. The number of amidine groups is 1. The van der Waals surface area contributed by atoms with E-state index in [1.807, 2.05) is 0 Å². The molecule has 1 aliphatic rings. The van der Waals surface area contributed by atoms with Gasteiger partial charge in [0.15, 0.2) is 11.0 Å². The SMILES string of the molecule is CC(=O)c1cccc(NC(=O)CC2S/C(=N\N=C(/C)c3ccc(F)cc3)NC2=O)c1. The van der Waals surface area contributed by atoms with Gasteiger partial charge in [-0.3, -0.25) is 14.4 Å². The molecule has 0 saturated carbocycles. The van der Waals surface area contributed by atoms with Gasteiger partial charge in [0.2, 0.25) is 11.8 Å². The minimum absolute atomic E-state index is 0.0551. The van der Waals surface area contributed by atoms with Gasteiger partial charge in [0.1, 0.15) is 11.1 Å². The van der Waals surface area contributed by atoms with Crippen LogP contribution in [0.3, 0.4) is 0 Å². The summed E-state index contributed by atoms with van der Waals surface area (Å²) in [6, 6.07) is 12.4. The van der Waals surface area contributed by atoms with Crippen molar-refractivity contribution < 1.29 is 18.8 Å². The van der Waals surface area contributed by atoms with E-state index in [9.17, 15) is 18.8 Å². The lowest BCUT2D eigenvalue weighted by molar-refractivity contribution is -0.122. The van der Waals surface area contributed by atoms with Crippen LogP contribution in [0.25, 0.3) is 0 Å². The van der Waals surface area contributed by atoms with Crippen LogP contribution in [0.5, 0.6) is 0 Å². The summed E-state index contributed by atoms with van der Waals surface area (Å²) in [4.78, 5) is 35.9. The first-order valence-electron chi connectivity index (χ1n) is 9.08. The monoisotopic (exact) mass is 426 g/mol. The van der Waals surface area contributed by atoms with Gasteiger partial charge in [-0.2, -0.15) is 5.10 Å². The number of ketones is 1. The third kappa shape index (κ3) is 5.60. The van der Waals surface area contributed by atoms with Gasteiger partial charge in [-0.1, -0.05) is 36.0 Å². The van der Waals surface area contributed by atoms with E-state index in [1.54, 1.807) is 43.3 Å². The maximum absolute atomic E-state index is 13.0. The highest BCUT2D eigenvalue weighted by Crippen LogP contribution is 2.23. The number of halogens is 1. The maximum Gasteiger partial charge on any atom is 0.240 e. The van der Waals surface area contributed by atoms with Gasteiger partial charge in [-0.05, 0) is 43.7 Å². The van der Waals surface area contributed by atoms with Crippen LogP contribution in [0.4, 0.5) is 10.1 Å². The number of nitrogens with zero attached hydrogens (tertiary/aromatic N) is 2. The van der Waals surface area contributed by atoms with Crippen molar-refractivity contribution in [1.29, 1.82) is 0 Å². The Morgan fingerprint density at radius 3 is 2.57 bits per heavy atom. The van der Waals surface area contributed by atoms with E-state index in [0.717, 1.165) is 11.8 Å². The molecule has 154 valence electrons. The van der Waals surface area contributed by atoms with Crippen molar-refractivity contribution in [3.05, 3.63) is 65.5 Å². The smallest absolute Gasteiger partial charge is 0.240 e. The fourth-order valence-electron chi connectivity index (χ4n) is 2.65. The average molecular weight is 426 g/mol. The van der Waals surface area contributed by atoms with Crippen molar-refractivity contribution in [3.63, 3.8) is 0 Å². The van der Waals surface area contributed by atoms with Gasteiger partial charge in [0, 0.05) is 17.7 Å². The zero-order chi connectivity index (χ0) is 21.7. The lowest BCUT2D eigenvalue weighted by Gasteiger charge is -2.08. The Kier molecular flexibility index (Phi) is 6.73. The van der Waals surface area contributed by atoms with Gasteiger partial charge in [-0.25, -0.2) is 4.39 Å². The van der Waals surface area contributed by atoms with Crippen LogP contribution in [0, 0.1) is 5.82 Å². The normalized spacial score (nSPS) is 17.7. The number of hydrogen-bond donors (Lipinski definition) is 2. The van der Waals surface area contributed by atoms with Crippen LogP contribution in [-0.2, 0) is 9.59 Å². The molecule has 2 aromatic rings. The number of carbonyl (C=O) groups is 3. The fourth-order valence-corrected chi connectivity index (χ4v) is 3.57. The topological polar surface area (TPSA) is 100.0 Å². The molecule has 0 radical (unpaired) electrons. The molecule has 2 N–H and O–H groups in total. The third-order valence-corrected chi connectivity index (χ3v) is 5.33. The second-order valence-corrected chi connectivity index (χ2v) is 7.77. The number of amides is 2. The summed E-state index contributed by atoms with van der Waals surface area (Å²) in [6.45, 7) is 3.17. The molecule has 9 heteroatoms. The van der Waals surface area contributed by atoms with Crippen molar-refractivity contribution in [1.82, 2.24) is 5.32 Å². The summed E-state index contributed by atoms with van der Waals surface area (Å²) in [5.74, 6) is -1.13. The van der Waals surface area contributed by atoms with Gasteiger partial charge in [-0.15, -0.1) is 5.10 Å². The van der Waals surface area contributed by atoms with E-state index < -0.39 is 5.25 Å². The Morgan fingerprint density at radius 1 is 1.13 bits per heavy atom. The first kappa shape index (κ1) is 21.4. The first-order chi connectivity index (χ1) is 14.3. The fraction of sp³-hybridized carbons (Fsp3) is 0.190. The minimum Gasteiger partial charge on any atom is -0.326 e. The molecule has 1 atom stereocenters. The highest BCUT2D eigenvalue weighted by atomic mass is 32.2. The van der Waals surface area contributed by atoms with Gasteiger partial charge >= 0.3 is 0 Å². The molecule has 2 amide bonds. The molecule has 30 heavy (non-hydrogen) atoms. The Morgan fingerprint density at radius 2 is 1.87 bits per heavy atom. The Bertz CT molecular complexity index is 1050. The van der Waals surface area contributed by atoms with Gasteiger partial charge in [0.25, 0.3) is 0 Å². The molecular weight excluding hydrogens is 407 g/mol. The van der Waals surface area contributed by atoms with Crippen LogP contribution in [-0.4, -0.2) is 33.7 Å². The second-order valence-electron chi connectivity index (χ2n) is 6.58. The number of carbonyl (C=O) groups excluding carboxylic acids is 3. The molecule has 1 aliphatic heterocycles. The molecule has 1 heterocycles. The van der Waals surface area contributed by atoms with Crippen molar-refractivity contribution in [2.75, 3.05) is 5.32 Å². The summed E-state index contributed by atoms with van der Waals surface area (Å²) in [7, 11) is 0. The van der Waals surface area contributed by atoms with Crippen molar-refractivity contribution in [3.8, 4) is 0 Å². The molecule has 7 nitrogen and oxygen atoms in total. The highest BCUT2D eigenvalue weighted by molar-refractivity contribution is 8.15. The van der Waals surface area contributed by atoms with Gasteiger partial charge < -0.3 is 10.6 Å². The predicted octanol–water partition coefficient (Wildman–Crippen LogP) is 3.37. The van der Waals surface area contributed by atoms with Crippen molar-refractivity contribution in [2.24, 2.45) is 10.2 Å². The number of rotatable bonds is 6. The third-order valence-electron chi connectivity index (χ3n) is 4.25. The molecule has 3 rings (SSSR count). The van der Waals surface area contributed by atoms with Crippen molar-refractivity contribution >= 4 is 45.9 Å². The van der Waals surface area contributed by atoms with Crippen molar-refractivity contribution in [2.45, 2.75) is 25.5 Å². The zero-order valence-corrected chi connectivity index (χ0v) is 17.1. The number of Topliss-reactive ketones (excluding diaryl/α,β-unsaturated/α-hetero) is 1. The number of hydrogen-bond acceptors (Lipinski definition) is 6. The summed E-state index contributed by atoms with van der Waals surface area (Å²) in [5.41, 5.74) is 2.25. The molecule has 0 spiro atoms. The number of thioether (sulfide) groups is 1. The first-order valence-corrected chi connectivity index (χ1v) is 9.96. The maximum atomic E-state index is 13.0. The molecule has 0 aliphatic carbocycles. The Hall–Kier alpha value is -3.33. The van der Waals surface area contributed by atoms with E-state index >= 15 is 0 Å². The van der Waals surface area contributed by atoms with E-state index in [-0.39, 0.29) is 35.0 Å². The molecular formula is C21H19FN4O3S. The standard InChI is InChI=1S/C21H19FN4O3S/c1-12(14-6-8-16(22)9-7-14)25-26-21-24-20(29)18(30-21)11-19(28)23-17-5-3-4-15(10-17)13(2)27/h3-10,18H,11H2,1-2H3,(H,23,28)(H,24,26,29)/b25-12+. The molecule has 1 fully saturated rings. The van der Waals surface area contributed by atoms with Crippen LogP contribution in [0.1, 0.15) is 36.2 Å². The van der Waals surface area contributed by atoms with Crippen LogP contribution >= 0.6 is 11.8 Å². The summed E-state index contributed by atoms with van der Waals surface area (Å²) in [5, 5.41) is 13.0. The average Bonchev–Trinajstić information content (AvgIpc) is 3.06. The van der Waals surface area contributed by atoms with Crippen LogP contribution in [0.2, 0.25) is 0 Å². The highest BCUT2D eigenvalue weighted by Gasteiger charge is 2.32. The number of anilines is 1. The zero-order valence-electron chi connectivity index (χ0n) is 16.3. The second kappa shape index (κ2) is 9.45. The Labute approximate surface area is 176 Å². The molecule has 0 aromatic heterocycles. The lowest BCUT2D eigenvalue weighted by atomic mass is 10.1. The van der Waals surface area contributed by atoms with E-state index in [2.05, 4.69) is 20.8 Å². The van der Waals surface area contributed by atoms with Crippen LogP contribution in [0.15, 0.2) is 58.7 Å². The number of benzene rings is 2. The molecule has 2 aromatic carbocycles. The largest absolute Gasteiger partial charge is 0.326 e. The van der Waals surface area contributed by atoms with Gasteiger partial charge in [0.05, 0.1) is 5.71 Å². The number of nitrogens with one attached hydrogen (secondary N) is 2. The van der Waals surface area contributed by atoms with E-state index in [0.29, 0.717) is 22.5 Å². The Balaban J connectivity index is 1.60. The summed E-state index contributed by atoms with van der Waals surface area (Å²) < 4.78 is 13.0. The van der Waals surface area contributed by atoms with Crippen LogP contribution < -0.4 is 10.6 Å². The molecule has 0 bridgehead atoms. The van der Waals surface area contributed by atoms with E-state index in [4.69, 9.17) is 0 Å². The van der Waals surface area contributed by atoms with E-state index in [1.165, 1.54) is 19.1 Å². The lowest BCUT2D eigenvalue weighted by Crippen LogP contribution is -2.28. The molecule has 1 unspecified atom stereocenters. The molecule has 1 saturated heterocycles. The minimum atomic E-state index is -0.638. The summed E-state index contributed by atoms with van der Waals surface area (Å²) in [6.07, 6.45) is -0.0551. The quantitative estimate of drug-likeness (QED) is 0.420.